The lowest BCUT2D eigenvalue weighted by molar-refractivity contribution is -0.143. The maximum Gasteiger partial charge on any atom is 0.269 e. The summed E-state index contributed by atoms with van der Waals surface area (Å²) in [6, 6.07) is 6.10. The SMILES string of the molecule is C[C@H]1CN(C(=O)CCN2C(=O)c3ccccc3S2(=O)=O)C[C@H](C)O1. The van der Waals surface area contributed by atoms with Crippen molar-refractivity contribution in [2.75, 3.05) is 19.6 Å². The molecule has 1 saturated heterocycles. The number of hydrogen-bond acceptors (Lipinski definition) is 5. The van der Waals surface area contributed by atoms with Crippen LogP contribution < -0.4 is 0 Å². The number of nitrogens with zero attached hydrogens (tertiary/aromatic N) is 2. The first-order valence-corrected chi connectivity index (χ1v) is 9.34. The number of carbonyl (C=O) groups is 2. The Balaban J connectivity index is 1.69. The molecule has 2 aliphatic heterocycles. The second kappa shape index (κ2) is 6.18. The number of ether oxygens (including phenoxy) is 1. The number of amides is 2. The fourth-order valence-electron chi connectivity index (χ4n) is 3.19. The van der Waals surface area contributed by atoms with E-state index in [0.29, 0.717) is 13.1 Å². The molecule has 0 spiro atoms. The molecule has 0 aliphatic carbocycles. The molecule has 1 aromatic rings. The minimum atomic E-state index is -3.86. The third-order valence-corrected chi connectivity index (χ3v) is 6.05. The van der Waals surface area contributed by atoms with Crippen LogP contribution in [0.15, 0.2) is 29.2 Å². The monoisotopic (exact) mass is 352 g/mol. The highest BCUT2D eigenvalue weighted by molar-refractivity contribution is 7.90. The summed E-state index contributed by atoms with van der Waals surface area (Å²) in [4.78, 5) is 26.4. The van der Waals surface area contributed by atoms with Gasteiger partial charge in [-0.2, -0.15) is 0 Å². The maximum absolute atomic E-state index is 12.4. The van der Waals surface area contributed by atoms with Crippen molar-refractivity contribution in [3.8, 4) is 0 Å². The van der Waals surface area contributed by atoms with Crippen LogP contribution in [0.25, 0.3) is 0 Å². The predicted octanol–water partition coefficient (Wildman–Crippen LogP) is 0.857. The molecule has 2 atom stereocenters. The van der Waals surface area contributed by atoms with Crippen LogP contribution in [0.5, 0.6) is 0 Å². The van der Waals surface area contributed by atoms with Gasteiger partial charge in [-0.15, -0.1) is 0 Å². The van der Waals surface area contributed by atoms with E-state index in [1.54, 1.807) is 17.0 Å². The molecule has 1 fully saturated rings. The summed E-state index contributed by atoms with van der Waals surface area (Å²) in [5.41, 5.74) is 0.165. The standard InChI is InChI=1S/C16H20N2O5S/c1-11-9-17(10-12(2)23-11)15(19)7-8-18-16(20)13-5-3-4-6-14(13)24(18,21)22/h3-6,11-12H,7-10H2,1-2H3/t11-,12-/m0/s1. The third kappa shape index (κ3) is 2.91. The van der Waals surface area contributed by atoms with Crippen LogP contribution >= 0.6 is 0 Å². The third-order valence-electron chi connectivity index (χ3n) is 4.21. The number of rotatable bonds is 3. The molecule has 0 aromatic heterocycles. The Morgan fingerprint density at radius 3 is 2.46 bits per heavy atom. The van der Waals surface area contributed by atoms with E-state index in [2.05, 4.69) is 0 Å². The lowest BCUT2D eigenvalue weighted by Gasteiger charge is -2.35. The number of morpholine rings is 1. The van der Waals surface area contributed by atoms with Crippen molar-refractivity contribution in [2.45, 2.75) is 37.4 Å². The second-order valence-electron chi connectivity index (χ2n) is 6.18. The van der Waals surface area contributed by atoms with E-state index in [1.807, 2.05) is 13.8 Å². The van der Waals surface area contributed by atoms with Crippen LogP contribution in [0.1, 0.15) is 30.6 Å². The highest BCUT2D eigenvalue weighted by Crippen LogP contribution is 2.30. The molecule has 0 bridgehead atoms. The average molecular weight is 352 g/mol. The molecule has 24 heavy (non-hydrogen) atoms. The number of benzene rings is 1. The average Bonchev–Trinajstić information content (AvgIpc) is 2.72. The van der Waals surface area contributed by atoms with Gasteiger partial charge >= 0.3 is 0 Å². The van der Waals surface area contributed by atoms with Crippen molar-refractivity contribution in [1.82, 2.24) is 9.21 Å². The molecule has 1 aromatic carbocycles. The van der Waals surface area contributed by atoms with Crippen LogP contribution in [-0.4, -0.2) is 61.3 Å². The molecule has 3 rings (SSSR count). The Kier molecular flexibility index (Phi) is 4.35. The summed E-state index contributed by atoms with van der Waals surface area (Å²) in [5.74, 6) is -0.738. The number of hydrogen-bond donors (Lipinski definition) is 0. The highest BCUT2D eigenvalue weighted by Gasteiger charge is 2.41. The first-order valence-electron chi connectivity index (χ1n) is 7.90. The van der Waals surface area contributed by atoms with Crippen LogP contribution in [0.4, 0.5) is 0 Å². The van der Waals surface area contributed by atoms with E-state index in [1.165, 1.54) is 12.1 Å². The summed E-state index contributed by atoms with van der Waals surface area (Å²) in [5, 5.41) is 0. The fraction of sp³-hybridized carbons (Fsp3) is 0.500. The minimum absolute atomic E-state index is 0.0102. The van der Waals surface area contributed by atoms with Crippen molar-refractivity contribution >= 4 is 21.8 Å². The maximum atomic E-state index is 12.4. The Morgan fingerprint density at radius 2 is 1.83 bits per heavy atom. The van der Waals surface area contributed by atoms with Gasteiger partial charge in [0.25, 0.3) is 15.9 Å². The molecule has 0 radical (unpaired) electrons. The van der Waals surface area contributed by atoms with Crippen molar-refractivity contribution in [3.05, 3.63) is 29.8 Å². The van der Waals surface area contributed by atoms with Gasteiger partial charge in [-0.3, -0.25) is 9.59 Å². The smallest absolute Gasteiger partial charge is 0.269 e. The van der Waals surface area contributed by atoms with Crippen molar-refractivity contribution in [2.24, 2.45) is 0 Å². The Hall–Kier alpha value is -1.93. The molecule has 0 saturated carbocycles. The molecular weight excluding hydrogens is 332 g/mol. The van der Waals surface area contributed by atoms with E-state index in [-0.39, 0.29) is 41.5 Å². The fourth-order valence-corrected chi connectivity index (χ4v) is 4.76. The molecule has 2 aliphatic rings. The molecule has 2 amide bonds. The summed E-state index contributed by atoms with van der Waals surface area (Å²) in [6.07, 6.45) is -0.142. The van der Waals surface area contributed by atoms with E-state index < -0.39 is 15.9 Å². The summed E-state index contributed by atoms with van der Waals surface area (Å²) < 4.78 is 31.3. The number of sulfonamides is 1. The van der Waals surface area contributed by atoms with Gasteiger partial charge in [-0.1, -0.05) is 12.1 Å². The van der Waals surface area contributed by atoms with Gasteiger partial charge in [0.1, 0.15) is 4.90 Å². The Bertz CT molecular complexity index is 766. The Morgan fingerprint density at radius 1 is 1.21 bits per heavy atom. The lowest BCUT2D eigenvalue weighted by atomic mass is 10.2. The molecule has 0 unspecified atom stereocenters. The minimum Gasteiger partial charge on any atom is -0.372 e. The van der Waals surface area contributed by atoms with E-state index in [9.17, 15) is 18.0 Å². The second-order valence-corrected chi connectivity index (χ2v) is 8.02. The van der Waals surface area contributed by atoms with Crippen LogP contribution in [0, 0.1) is 0 Å². The number of fused-ring (bicyclic) bond motifs is 1. The van der Waals surface area contributed by atoms with Crippen molar-refractivity contribution in [3.63, 3.8) is 0 Å². The molecule has 130 valence electrons. The lowest BCUT2D eigenvalue weighted by Crippen LogP contribution is -2.49. The molecule has 2 heterocycles. The Labute approximate surface area is 141 Å². The van der Waals surface area contributed by atoms with Crippen molar-refractivity contribution in [1.29, 1.82) is 0 Å². The first kappa shape index (κ1) is 16.9. The zero-order valence-corrected chi connectivity index (χ0v) is 14.5. The zero-order chi connectivity index (χ0) is 17.5. The van der Waals surface area contributed by atoms with Gasteiger partial charge in [-0.25, -0.2) is 12.7 Å². The van der Waals surface area contributed by atoms with Gasteiger partial charge < -0.3 is 9.64 Å². The van der Waals surface area contributed by atoms with Crippen LogP contribution in [0.2, 0.25) is 0 Å². The van der Waals surface area contributed by atoms with Crippen LogP contribution in [-0.2, 0) is 19.6 Å². The topological polar surface area (TPSA) is 84.0 Å². The molecule has 7 nitrogen and oxygen atoms in total. The van der Waals surface area contributed by atoms with E-state index >= 15 is 0 Å². The normalized spacial score (nSPS) is 25.7. The summed E-state index contributed by atoms with van der Waals surface area (Å²) in [7, 11) is -3.86. The highest BCUT2D eigenvalue weighted by atomic mass is 32.2. The predicted molar refractivity (Wildman–Crippen MR) is 85.9 cm³/mol. The first-order chi connectivity index (χ1) is 11.3. The molecular formula is C16H20N2O5S. The molecule has 0 N–H and O–H groups in total. The summed E-state index contributed by atoms with van der Waals surface area (Å²) in [6.45, 7) is 4.59. The van der Waals surface area contributed by atoms with Crippen LogP contribution in [0.3, 0.4) is 0 Å². The summed E-state index contributed by atoms with van der Waals surface area (Å²) >= 11 is 0. The largest absolute Gasteiger partial charge is 0.372 e. The van der Waals surface area contributed by atoms with E-state index in [4.69, 9.17) is 4.74 Å². The van der Waals surface area contributed by atoms with Gasteiger partial charge in [0, 0.05) is 26.1 Å². The van der Waals surface area contributed by atoms with Gasteiger partial charge in [0.2, 0.25) is 5.91 Å². The molecule has 8 heteroatoms. The van der Waals surface area contributed by atoms with Gasteiger partial charge in [0.15, 0.2) is 0 Å². The quantitative estimate of drug-likeness (QED) is 0.805. The van der Waals surface area contributed by atoms with Crippen molar-refractivity contribution < 1.29 is 22.7 Å². The van der Waals surface area contributed by atoms with Gasteiger partial charge in [-0.05, 0) is 26.0 Å². The zero-order valence-electron chi connectivity index (χ0n) is 13.6. The van der Waals surface area contributed by atoms with E-state index in [0.717, 1.165) is 4.31 Å². The number of carbonyl (C=O) groups excluding carboxylic acids is 2. The van der Waals surface area contributed by atoms with Gasteiger partial charge in [0.05, 0.1) is 17.8 Å².